The molecule has 0 atom stereocenters. The molecule has 0 saturated carbocycles. The van der Waals surface area contributed by atoms with Gasteiger partial charge in [-0.25, -0.2) is 0 Å². The summed E-state index contributed by atoms with van der Waals surface area (Å²) in [5.74, 6) is -0.494. The molecule has 0 radical (unpaired) electrons. The minimum atomic E-state index is -4.73. The van der Waals surface area contributed by atoms with Gasteiger partial charge in [0.15, 0.2) is 0 Å². The number of aromatic nitrogens is 2. The summed E-state index contributed by atoms with van der Waals surface area (Å²) in [7, 11) is -1.14. The fraction of sp³-hybridized carbons (Fsp3) is 0.121. The van der Waals surface area contributed by atoms with Gasteiger partial charge in [-0.15, -0.1) is 71.7 Å². The number of rotatable bonds is 11. The third kappa shape index (κ3) is 17.2. The number of halogens is 7. The molecular formula is C66H48ClF6N9O3S8Si. The van der Waals surface area contributed by atoms with Gasteiger partial charge < -0.3 is 9.47 Å². The topological polar surface area (TPSA) is 171 Å². The Balaban J connectivity index is 0.000000167. The molecular weight excluding hydrogens is 1400 g/mol. The van der Waals surface area contributed by atoms with Gasteiger partial charge in [0.2, 0.25) is 11.5 Å². The highest BCUT2D eigenvalue weighted by atomic mass is 35.6. The summed E-state index contributed by atoms with van der Waals surface area (Å²) in [6.45, 7) is 12.5. The monoisotopic (exact) mass is 1450 g/mol. The number of benzene rings is 7. The van der Waals surface area contributed by atoms with Crippen LogP contribution in [-0.4, -0.2) is 33.1 Å². The van der Waals surface area contributed by atoms with E-state index in [0.717, 1.165) is 141 Å². The number of alkyl halides is 6. The van der Waals surface area contributed by atoms with E-state index >= 15 is 0 Å². The third-order valence-electron chi connectivity index (χ3n) is 13.4. The maximum Gasteiger partial charge on any atom is 0.573 e. The quantitative estimate of drug-likeness (QED) is 0.0537. The number of hydrogen-bond donors (Lipinski definition) is 0. The molecule has 0 N–H and O–H groups in total. The number of nitrogens with zero attached hydrogens (tertiary/aromatic N) is 9. The zero-order chi connectivity index (χ0) is 66.9. The summed E-state index contributed by atoms with van der Waals surface area (Å²) in [4.78, 5) is 8.34. The van der Waals surface area contributed by atoms with Gasteiger partial charge >= 0.3 is 12.7 Å². The molecule has 0 amide bonds. The first kappa shape index (κ1) is 68.6. The van der Waals surface area contributed by atoms with E-state index in [2.05, 4.69) is 159 Å². The number of hydrogen-bond acceptors (Lipinski definition) is 17. The molecule has 2 aliphatic rings. The summed E-state index contributed by atoms with van der Waals surface area (Å²) in [5.41, 5.74) is 16.9. The molecule has 7 aromatic carbocycles. The second-order valence-electron chi connectivity index (χ2n) is 21.4. The van der Waals surface area contributed by atoms with Gasteiger partial charge in [0.05, 0.1) is 40.1 Å². The first-order valence-corrected chi connectivity index (χ1v) is 38.6. The average Bonchev–Trinajstić information content (AvgIpc) is 1.58. The van der Waals surface area contributed by atoms with E-state index < -0.39 is 20.1 Å². The van der Waals surface area contributed by atoms with E-state index in [-0.39, 0.29) is 23.0 Å². The molecule has 0 fully saturated rings. The van der Waals surface area contributed by atoms with Gasteiger partial charge in [0.25, 0.3) is 0 Å². The molecule has 5 aromatic heterocycles. The van der Waals surface area contributed by atoms with E-state index in [1.165, 1.54) is 68.5 Å². The predicted octanol–water partition coefficient (Wildman–Crippen LogP) is 24.9. The largest absolute Gasteiger partial charge is 0.573 e. The maximum atomic E-state index is 12.5. The number of aryl methyl sites for hydroxylation is 3. The average molecular weight is 1450 g/mol. The van der Waals surface area contributed by atoms with Crippen molar-refractivity contribution in [2.75, 3.05) is 0 Å². The first-order valence-electron chi connectivity index (χ1n) is 27.9. The summed E-state index contributed by atoms with van der Waals surface area (Å²) < 4.78 is 125. The standard InChI is InChI=1S/C29H19F3N2OS3.C28H15F3N4OS4.C6H5NOS.C3H9ClSi.N2/c1-16-3-5-18(6-4-16)23-12-14-25(37-23)26-17(2)15-21(27-28(26)34-38-33-27)24-13-11-22(36-24)19-7-9-20(10-8-19)35-29(30,31)32;1-14-2-4-15(5-3-14)18-10-12-20(37-18)22-24-26(34-39-32-24)23(27-25(22)33-40-35-27)21-13-11-19(38-21)16-6-8-17(9-7-16)36-28(29,30)31;8-9-7-6-4-2-1-3-5-6;1-5(2,3)4;1-2/h3-15H,1-2H3;2-13H,1H3;1-5H;1-3H3;. The Hall–Kier alpha value is -8.27. The fourth-order valence-electron chi connectivity index (χ4n) is 9.43. The molecule has 0 bridgehead atoms. The van der Waals surface area contributed by atoms with Crippen LogP contribution in [0, 0.1) is 31.6 Å². The lowest BCUT2D eigenvalue weighted by Crippen LogP contribution is -2.16. The Labute approximate surface area is 572 Å². The Morgan fingerprint density at radius 1 is 0.457 bits per heavy atom. The molecule has 12 nitrogen and oxygen atoms in total. The zero-order valence-electron chi connectivity index (χ0n) is 50.0. The van der Waals surface area contributed by atoms with Gasteiger partial charge in [-0.2, -0.15) is 45.8 Å². The smallest absolute Gasteiger partial charge is 0.406 e. The van der Waals surface area contributed by atoms with Crippen molar-refractivity contribution in [2.45, 2.75) is 53.1 Å². The van der Waals surface area contributed by atoms with Gasteiger partial charge in [-0.1, -0.05) is 97.5 Å². The van der Waals surface area contributed by atoms with E-state index in [0.29, 0.717) is 0 Å². The van der Waals surface area contributed by atoms with Crippen molar-refractivity contribution in [1.82, 2.24) is 8.75 Å². The Kier molecular flexibility index (Phi) is 21.9. The lowest BCUT2D eigenvalue weighted by Gasteiger charge is -2.12. The molecule has 28 heteroatoms. The normalized spacial score (nSPS) is 11.9. The van der Waals surface area contributed by atoms with E-state index in [1.807, 2.05) is 42.5 Å². The highest BCUT2D eigenvalue weighted by Gasteiger charge is 2.33. The fourth-order valence-corrected chi connectivity index (χ4v) is 15.6. The second-order valence-corrected chi connectivity index (χ2v) is 35.1. The van der Waals surface area contributed by atoms with Crippen molar-refractivity contribution < 1.29 is 40.0 Å². The SMILES string of the molecule is C[Si](C)(C)Cl.Cc1ccc(-c2ccc(-c3c(C)cc(-c4ccc(-c5ccc(OC(F)(F)F)cc5)s4)c4c3N=S=N4)s2)cc1.Cc1ccc(-c2ccc(-c3c4c(c(-c5ccc(-c6ccc(OC(F)(F)F)cc6)s5)c5nsnc35)N=S=N4)s2)cc1.N#N.O=S=Nc1ccccc1. The van der Waals surface area contributed by atoms with Crippen molar-refractivity contribution in [3.63, 3.8) is 0 Å². The summed E-state index contributed by atoms with van der Waals surface area (Å²) >= 11 is 15.9. The number of thiophene rings is 4. The predicted molar refractivity (Wildman–Crippen MR) is 379 cm³/mol. The lowest BCUT2D eigenvalue weighted by molar-refractivity contribution is -0.275. The molecule has 7 heterocycles. The lowest BCUT2D eigenvalue weighted by atomic mass is 9.98. The van der Waals surface area contributed by atoms with Crippen molar-refractivity contribution >= 4 is 149 Å². The van der Waals surface area contributed by atoms with Crippen LogP contribution in [0.1, 0.15) is 16.7 Å². The highest BCUT2D eigenvalue weighted by molar-refractivity contribution is 7.58. The van der Waals surface area contributed by atoms with Gasteiger partial charge in [-0.3, -0.25) is 0 Å². The number of ether oxygens (including phenoxy) is 2. The minimum Gasteiger partial charge on any atom is -0.406 e. The molecule has 2 aliphatic heterocycles. The Morgan fingerprint density at radius 2 is 0.787 bits per heavy atom. The molecule has 0 saturated heterocycles. The Bertz CT molecular complexity index is 4910. The van der Waals surface area contributed by atoms with Crippen LogP contribution in [0.4, 0.5) is 54.8 Å². The summed E-state index contributed by atoms with van der Waals surface area (Å²) in [6, 6.07) is 56.5. The van der Waals surface area contributed by atoms with Crippen molar-refractivity contribution in [2.24, 2.45) is 21.8 Å². The van der Waals surface area contributed by atoms with Crippen LogP contribution in [0.25, 0.3) is 94.6 Å². The van der Waals surface area contributed by atoms with Crippen LogP contribution in [0.3, 0.4) is 0 Å². The van der Waals surface area contributed by atoms with Gasteiger partial charge in [0, 0.05) is 72.1 Å². The molecule has 0 aliphatic carbocycles. The third-order valence-corrected chi connectivity index (χ3v) is 19.9. The molecule has 94 heavy (non-hydrogen) atoms. The number of fused-ring (bicyclic) bond motifs is 3. The van der Waals surface area contributed by atoms with Crippen molar-refractivity contribution in [3.8, 4) is 95.0 Å². The van der Waals surface area contributed by atoms with Crippen LogP contribution in [0.5, 0.6) is 11.5 Å². The first-order chi connectivity index (χ1) is 45.0. The van der Waals surface area contributed by atoms with Gasteiger partial charge in [-0.05, 0) is 164 Å². The van der Waals surface area contributed by atoms with E-state index in [1.54, 1.807) is 70.4 Å². The molecule has 12 aromatic rings. The molecule has 14 rings (SSSR count). The van der Waals surface area contributed by atoms with Crippen LogP contribution in [-0.2, 0) is 34.2 Å². The van der Waals surface area contributed by atoms with E-state index in [4.69, 9.17) is 21.9 Å². The zero-order valence-corrected chi connectivity index (χ0v) is 58.3. The molecule has 0 spiro atoms. The van der Waals surface area contributed by atoms with Crippen LogP contribution in [0.15, 0.2) is 204 Å². The van der Waals surface area contributed by atoms with Crippen LogP contribution >= 0.6 is 68.2 Å². The van der Waals surface area contributed by atoms with Crippen LogP contribution < -0.4 is 9.47 Å². The highest BCUT2D eigenvalue weighted by Crippen LogP contribution is 2.56. The molecule has 476 valence electrons. The minimum absolute atomic E-state index is 0.230. The maximum absolute atomic E-state index is 12.5. The van der Waals surface area contributed by atoms with Gasteiger partial charge in [0.1, 0.15) is 52.7 Å². The Morgan fingerprint density at radius 3 is 1.17 bits per heavy atom. The summed E-state index contributed by atoms with van der Waals surface area (Å²) in [5, 5.41) is 12.0. The van der Waals surface area contributed by atoms with E-state index in [9.17, 15) is 30.6 Å². The van der Waals surface area contributed by atoms with Crippen LogP contribution in [0.2, 0.25) is 19.6 Å². The second kappa shape index (κ2) is 30.0. The van der Waals surface area contributed by atoms with Crippen molar-refractivity contribution in [1.29, 1.82) is 10.8 Å². The van der Waals surface area contributed by atoms with Crippen molar-refractivity contribution in [3.05, 3.63) is 199 Å². The molecule has 0 unspecified atom stereocenters. The summed E-state index contributed by atoms with van der Waals surface area (Å²) in [6.07, 6.45) is -9.44.